The third-order valence-electron chi connectivity index (χ3n) is 3.33. The van der Waals surface area contributed by atoms with Gasteiger partial charge in [-0.3, -0.25) is 9.69 Å². The second-order valence-electron chi connectivity index (χ2n) is 4.69. The van der Waals surface area contributed by atoms with Crippen molar-refractivity contribution in [3.8, 4) is 0 Å². The van der Waals surface area contributed by atoms with Crippen molar-refractivity contribution >= 4 is 38.6 Å². The van der Waals surface area contributed by atoms with E-state index in [4.69, 9.17) is 11.6 Å². The SMILES string of the molecule is CC(C(=O)c1ccc(Cl)s1)N1CCCS(=O)(=O)CC1. The summed E-state index contributed by atoms with van der Waals surface area (Å²) in [4.78, 5) is 14.9. The number of carbonyl (C=O) groups excluding carboxylic acids is 1. The molecule has 0 aromatic carbocycles. The number of hydrogen-bond donors (Lipinski definition) is 0. The summed E-state index contributed by atoms with van der Waals surface area (Å²) in [7, 11) is -2.94. The molecule has 1 aliphatic rings. The average Bonchev–Trinajstić information content (AvgIpc) is 2.69. The van der Waals surface area contributed by atoms with E-state index in [0.717, 1.165) is 0 Å². The Hall–Kier alpha value is -0.430. The van der Waals surface area contributed by atoms with Crippen LogP contribution >= 0.6 is 22.9 Å². The van der Waals surface area contributed by atoms with E-state index in [-0.39, 0.29) is 23.3 Å². The van der Waals surface area contributed by atoms with Gasteiger partial charge < -0.3 is 0 Å². The molecule has 0 bridgehead atoms. The van der Waals surface area contributed by atoms with Crippen LogP contribution in [0.2, 0.25) is 4.34 Å². The van der Waals surface area contributed by atoms with Gasteiger partial charge in [0.05, 0.1) is 26.8 Å². The van der Waals surface area contributed by atoms with Crippen molar-refractivity contribution in [1.29, 1.82) is 0 Å². The number of Topliss-reactive ketones (excluding diaryl/α,β-unsaturated/α-hetero) is 1. The van der Waals surface area contributed by atoms with E-state index in [1.165, 1.54) is 11.3 Å². The molecule has 7 heteroatoms. The summed E-state index contributed by atoms with van der Waals surface area (Å²) in [5, 5.41) is 0. The summed E-state index contributed by atoms with van der Waals surface area (Å²) in [6, 6.07) is 3.13. The van der Waals surface area contributed by atoms with Gasteiger partial charge >= 0.3 is 0 Å². The summed E-state index contributed by atoms with van der Waals surface area (Å²) >= 11 is 7.10. The Labute approximate surface area is 122 Å². The molecule has 2 heterocycles. The van der Waals surface area contributed by atoms with Crippen LogP contribution in [0, 0.1) is 0 Å². The van der Waals surface area contributed by atoms with Gasteiger partial charge in [0.2, 0.25) is 0 Å². The van der Waals surface area contributed by atoms with Crippen LogP contribution in [0.5, 0.6) is 0 Å². The zero-order valence-corrected chi connectivity index (χ0v) is 13.0. The highest BCUT2D eigenvalue weighted by Gasteiger charge is 2.27. The van der Waals surface area contributed by atoms with Gasteiger partial charge in [-0.15, -0.1) is 11.3 Å². The van der Waals surface area contributed by atoms with E-state index in [9.17, 15) is 13.2 Å². The van der Waals surface area contributed by atoms with E-state index in [0.29, 0.717) is 28.7 Å². The second kappa shape index (κ2) is 5.91. The van der Waals surface area contributed by atoms with Crippen LogP contribution < -0.4 is 0 Å². The highest BCUT2D eigenvalue weighted by Crippen LogP contribution is 2.24. The summed E-state index contributed by atoms with van der Waals surface area (Å²) < 4.78 is 23.7. The topological polar surface area (TPSA) is 54.5 Å². The lowest BCUT2D eigenvalue weighted by Gasteiger charge is -2.25. The average molecular weight is 322 g/mol. The molecule has 0 amide bonds. The van der Waals surface area contributed by atoms with Crippen LogP contribution in [-0.4, -0.2) is 49.7 Å². The molecule has 106 valence electrons. The van der Waals surface area contributed by atoms with Gasteiger partial charge in [0, 0.05) is 6.54 Å². The van der Waals surface area contributed by atoms with E-state index in [1.807, 2.05) is 11.8 Å². The number of rotatable bonds is 3. The third kappa shape index (κ3) is 3.78. The van der Waals surface area contributed by atoms with Crippen LogP contribution in [0.25, 0.3) is 0 Å². The summed E-state index contributed by atoms with van der Waals surface area (Å²) in [5.41, 5.74) is 0. The van der Waals surface area contributed by atoms with Gasteiger partial charge in [-0.05, 0) is 32.0 Å². The van der Waals surface area contributed by atoms with Crippen LogP contribution in [-0.2, 0) is 9.84 Å². The number of thiophene rings is 1. The molecule has 1 aliphatic heterocycles. The smallest absolute Gasteiger partial charge is 0.189 e. The van der Waals surface area contributed by atoms with Crippen LogP contribution in [0.1, 0.15) is 23.0 Å². The van der Waals surface area contributed by atoms with E-state index in [1.54, 1.807) is 12.1 Å². The zero-order valence-electron chi connectivity index (χ0n) is 10.6. The first kappa shape index (κ1) is 15.0. The molecule has 0 spiro atoms. The summed E-state index contributed by atoms with van der Waals surface area (Å²) in [5.74, 6) is 0.363. The van der Waals surface area contributed by atoms with Crippen molar-refractivity contribution < 1.29 is 13.2 Å². The minimum atomic E-state index is -2.94. The van der Waals surface area contributed by atoms with Gasteiger partial charge in [0.1, 0.15) is 0 Å². The maximum atomic E-state index is 12.3. The lowest BCUT2D eigenvalue weighted by molar-refractivity contribution is 0.0852. The fraction of sp³-hybridized carbons (Fsp3) is 0.583. The van der Waals surface area contributed by atoms with Gasteiger partial charge in [0.15, 0.2) is 15.6 Å². The molecule has 0 aliphatic carbocycles. The molecule has 1 aromatic rings. The van der Waals surface area contributed by atoms with Crippen LogP contribution in [0.15, 0.2) is 12.1 Å². The predicted molar refractivity (Wildman–Crippen MR) is 78.0 cm³/mol. The van der Waals surface area contributed by atoms with Crippen molar-refractivity contribution in [2.75, 3.05) is 24.6 Å². The van der Waals surface area contributed by atoms with Crippen LogP contribution in [0.4, 0.5) is 0 Å². The Morgan fingerprint density at radius 1 is 1.37 bits per heavy atom. The maximum Gasteiger partial charge on any atom is 0.189 e. The highest BCUT2D eigenvalue weighted by atomic mass is 35.5. The number of nitrogens with zero attached hydrogens (tertiary/aromatic N) is 1. The zero-order chi connectivity index (χ0) is 14.0. The third-order valence-corrected chi connectivity index (χ3v) is 6.29. The standard InChI is InChI=1S/C12H16ClNO3S2/c1-9(12(15)10-3-4-11(13)18-10)14-5-2-7-19(16,17)8-6-14/h3-4,9H,2,5-8H2,1H3. The van der Waals surface area contributed by atoms with E-state index < -0.39 is 9.84 Å². The Bertz CT molecular complexity index is 567. The minimum Gasteiger partial charge on any atom is -0.292 e. The normalized spacial score (nSPS) is 21.8. The Kier molecular flexibility index (Phi) is 4.66. The van der Waals surface area contributed by atoms with Crippen molar-refractivity contribution in [3.63, 3.8) is 0 Å². The summed E-state index contributed by atoms with van der Waals surface area (Å²) in [6.07, 6.45) is 0.588. The molecule has 0 N–H and O–H groups in total. The largest absolute Gasteiger partial charge is 0.292 e. The quantitative estimate of drug-likeness (QED) is 0.800. The summed E-state index contributed by atoms with van der Waals surface area (Å²) in [6.45, 7) is 2.90. The molecular weight excluding hydrogens is 306 g/mol. The van der Waals surface area contributed by atoms with Gasteiger partial charge in [-0.1, -0.05) is 11.6 Å². The number of sulfone groups is 1. The van der Waals surface area contributed by atoms with Crippen molar-refractivity contribution in [2.45, 2.75) is 19.4 Å². The predicted octanol–water partition coefficient (Wildman–Crippen LogP) is 2.09. The molecule has 1 fully saturated rings. The first-order valence-electron chi connectivity index (χ1n) is 6.13. The molecule has 0 radical (unpaired) electrons. The van der Waals surface area contributed by atoms with E-state index >= 15 is 0 Å². The monoisotopic (exact) mass is 321 g/mol. The lowest BCUT2D eigenvalue weighted by atomic mass is 10.1. The van der Waals surface area contributed by atoms with Crippen LogP contribution in [0.3, 0.4) is 0 Å². The van der Waals surface area contributed by atoms with Crippen molar-refractivity contribution in [1.82, 2.24) is 4.90 Å². The highest BCUT2D eigenvalue weighted by molar-refractivity contribution is 7.91. The van der Waals surface area contributed by atoms with Gasteiger partial charge in [-0.25, -0.2) is 8.42 Å². The Morgan fingerprint density at radius 2 is 2.11 bits per heavy atom. The van der Waals surface area contributed by atoms with Gasteiger partial charge in [-0.2, -0.15) is 0 Å². The maximum absolute atomic E-state index is 12.3. The number of ketones is 1. The molecular formula is C12H16ClNO3S2. The lowest BCUT2D eigenvalue weighted by Crippen LogP contribution is -2.40. The van der Waals surface area contributed by atoms with Gasteiger partial charge in [0.25, 0.3) is 0 Å². The number of halogens is 1. The first-order chi connectivity index (χ1) is 8.89. The number of hydrogen-bond acceptors (Lipinski definition) is 5. The molecule has 1 saturated heterocycles. The molecule has 19 heavy (non-hydrogen) atoms. The second-order valence-corrected chi connectivity index (χ2v) is 8.70. The number of carbonyl (C=O) groups is 1. The molecule has 1 aromatic heterocycles. The molecule has 2 rings (SSSR count). The molecule has 1 unspecified atom stereocenters. The van der Waals surface area contributed by atoms with E-state index in [2.05, 4.69) is 0 Å². The molecule has 0 saturated carbocycles. The van der Waals surface area contributed by atoms with Crippen molar-refractivity contribution in [2.24, 2.45) is 0 Å². The Morgan fingerprint density at radius 3 is 2.74 bits per heavy atom. The first-order valence-corrected chi connectivity index (χ1v) is 9.15. The Balaban J connectivity index is 2.07. The molecule has 1 atom stereocenters. The molecule has 4 nitrogen and oxygen atoms in total. The minimum absolute atomic E-state index is 0.0104. The van der Waals surface area contributed by atoms with Crippen molar-refractivity contribution in [3.05, 3.63) is 21.3 Å². The fourth-order valence-corrected chi connectivity index (χ4v) is 4.51. The fourth-order valence-electron chi connectivity index (χ4n) is 2.16.